The summed E-state index contributed by atoms with van der Waals surface area (Å²) in [5, 5.41) is 3.44. The first-order valence-electron chi connectivity index (χ1n) is 8.71. The number of nitrogens with one attached hydrogen (secondary N) is 1. The largest absolute Gasteiger partial charge is 0.378 e. The Kier molecular flexibility index (Phi) is 5.91. The standard InChI is InChI=1S/C19H32N4/c1-6-20-18(23-14-12-19(2,3)15-23)21-13-11-16-7-9-17(10-8-16)22(4)5/h7-10H,6,11-15H2,1-5H3,(H,20,21). The summed E-state index contributed by atoms with van der Waals surface area (Å²) in [4.78, 5) is 9.36. The molecule has 1 aliphatic heterocycles. The summed E-state index contributed by atoms with van der Waals surface area (Å²) in [6.45, 7) is 10.8. The molecule has 23 heavy (non-hydrogen) atoms. The number of rotatable bonds is 5. The van der Waals surface area contributed by atoms with Crippen molar-refractivity contribution in [1.29, 1.82) is 0 Å². The molecule has 1 saturated heterocycles. The van der Waals surface area contributed by atoms with Gasteiger partial charge >= 0.3 is 0 Å². The number of hydrogen-bond donors (Lipinski definition) is 1. The van der Waals surface area contributed by atoms with Gasteiger partial charge in [0.2, 0.25) is 0 Å². The summed E-state index contributed by atoms with van der Waals surface area (Å²) in [5.74, 6) is 1.07. The number of likely N-dealkylation sites (tertiary alicyclic amines) is 1. The van der Waals surface area contributed by atoms with Crippen molar-refractivity contribution in [1.82, 2.24) is 10.2 Å². The average molecular weight is 316 g/mol. The van der Waals surface area contributed by atoms with Crippen LogP contribution in [0.5, 0.6) is 0 Å². The number of anilines is 1. The lowest BCUT2D eigenvalue weighted by Gasteiger charge is -2.23. The lowest BCUT2D eigenvalue weighted by molar-refractivity contribution is 0.370. The Labute approximate surface area is 141 Å². The molecular weight excluding hydrogens is 284 g/mol. The summed E-state index contributed by atoms with van der Waals surface area (Å²) in [5.41, 5.74) is 2.99. The van der Waals surface area contributed by atoms with Crippen LogP contribution in [0.1, 0.15) is 32.8 Å². The zero-order chi connectivity index (χ0) is 16.9. The van der Waals surface area contributed by atoms with Crippen LogP contribution in [0.25, 0.3) is 0 Å². The Hall–Kier alpha value is -1.71. The normalized spacial score (nSPS) is 17.4. The molecule has 4 heteroatoms. The lowest BCUT2D eigenvalue weighted by atomic mass is 9.93. The Morgan fingerprint density at radius 3 is 2.48 bits per heavy atom. The van der Waals surface area contributed by atoms with Crippen LogP contribution in [0.3, 0.4) is 0 Å². The van der Waals surface area contributed by atoms with E-state index in [1.54, 1.807) is 0 Å². The molecule has 1 aromatic rings. The third-order valence-electron chi connectivity index (χ3n) is 4.43. The van der Waals surface area contributed by atoms with E-state index in [-0.39, 0.29) is 0 Å². The zero-order valence-corrected chi connectivity index (χ0v) is 15.4. The van der Waals surface area contributed by atoms with Gasteiger partial charge in [0.1, 0.15) is 0 Å². The van der Waals surface area contributed by atoms with Crippen LogP contribution in [-0.2, 0) is 6.42 Å². The topological polar surface area (TPSA) is 30.9 Å². The fraction of sp³-hybridized carbons (Fsp3) is 0.632. The van der Waals surface area contributed by atoms with Gasteiger partial charge in [-0.25, -0.2) is 0 Å². The highest BCUT2D eigenvalue weighted by atomic mass is 15.3. The van der Waals surface area contributed by atoms with Crippen molar-refractivity contribution >= 4 is 11.6 Å². The summed E-state index contributed by atoms with van der Waals surface area (Å²) in [7, 11) is 4.14. The first-order valence-corrected chi connectivity index (χ1v) is 8.71. The Balaban J connectivity index is 1.93. The minimum atomic E-state index is 0.401. The highest BCUT2D eigenvalue weighted by Gasteiger charge is 2.30. The van der Waals surface area contributed by atoms with E-state index >= 15 is 0 Å². The second-order valence-corrected chi connectivity index (χ2v) is 7.38. The molecule has 2 rings (SSSR count). The van der Waals surface area contributed by atoms with Crippen LogP contribution >= 0.6 is 0 Å². The maximum Gasteiger partial charge on any atom is 0.193 e. The van der Waals surface area contributed by atoms with Gasteiger partial charge in [0.15, 0.2) is 5.96 Å². The minimum Gasteiger partial charge on any atom is -0.378 e. The van der Waals surface area contributed by atoms with Crippen molar-refractivity contribution in [2.24, 2.45) is 10.4 Å². The van der Waals surface area contributed by atoms with E-state index in [1.807, 2.05) is 0 Å². The van der Waals surface area contributed by atoms with Crippen LogP contribution in [0, 0.1) is 5.41 Å². The van der Waals surface area contributed by atoms with Crippen LogP contribution in [0.15, 0.2) is 29.3 Å². The summed E-state index contributed by atoms with van der Waals surface area (Å²) < 4.78 is 0. The minimum absolute atomic E-state index is 0.401. The molecule has 1 heterocycles. The smallest absolute Gasteiger partial charge is 0.193 e. The summed E-state index contributed by atoms with van der Waals surface area (Å²) in [6, 6.07) is 8.76. The zero-order valence-electron chi connectivity index (χ0n) is 15.4. The van der Waals surface area contributed by atoms with Crippen LogP contribution in [0.4, 0.5) is 5.69 Å². The molecule has 0 bridgehead atoms. The van der Waals surface area contributed by atoms with E-state index in [1.165, 1.54) is 17.7 Å². The van der Waals surface area contributed by atoms with E-state index in [0.717, 1.165) is 38.6 Å². The number of benzene rings is 1. The van der Waals surface area contributed by atoms with E-state index in [9.17, 15) is 0 Å². The lowest BCUT2D eigenvalue weighted by Crippen LogP contribution is -2.40. The first kappa shape index (κ1) is 17.6. The molecular formula is C19H32N4. The molecule has 0 saturated carbocycles. The van der Waals surface area contributed by atoms with Gasteiger partial charge in [0.05, 0.1) is 0 Å². The predicted molar refractivity (Wildman–Crippen MR) is 100 cm³/mol. The van der Waals surface area contributed by atoms with E-state index < -0.39 is 0 Å². The second kappa shape index (κ2) is 7.71. The molecule has 0 amide bonds. The van der Waals surface area contributed by atoms with Crippen molar-refractivity contribution < 1.29 is 0 Å². The molecule has 0 spiro atoms. The molecule has 1 aromatic carbocycles. The molecule has 0 radical (unpaired) electrons. The Morgan fingerprint density at radius 2 is 1.96 bits per heavy atom. The molecule has 4 nitrogen and oxygen atoms in total. The summed E-state index contributed by atoms with van der Waals surface area (Å²) in [6.07, 6.45) is 2.23. The molecule has 0 atom stereocenters. The van der Waals surface area contributed by atoms with Gasteiger partial charge < -0.3 is 15.1 Å². The van der Waals surface area contributed by atoms with E-state index in [2.05, 4.69) is 74.2 Å². The van der Waals surface area contributed by atoms with Gasteiger partial charge in [0, 0.05) is 46.0 Å². The molecule has 1 aliphatic rings. The van der Waals surface area contributed by atoms with Crippen molar-refractivity contribution in [2.45, 2.75) is 33.6 Å². The van der Waals surface area contributed by atoms with Crippen LogP contribution < -0.4 is 10.2 Å². The molecule has 1 fully saturated rings. The monoisotopic (exact) mass is 316 g/mol. The molecule has 0 aliphatic carbocycles. The van der Waals surface area contributed by atoms with Gasteiger partial charge in [-0.1, -0.05) is 26.0 Å². The van der Waals surface area contributed by atoms with Crippen molar-refractivity contribution in [3.63, 3.8) is 0 Å². The first-order chi connectivity index (χ1) is 10.9. The third-order valence-corrected chi connectivity index (χ3v) is 4.43. The predicted octanol–water partition coefficient (Wildman–Crippen LogP) is 2.99. The fourth-order valence-corrected chi connectivity index (χ4v) is 2.97. The van der Waals surface area contributed by atoms with Gasteiger partial charge in [-0.2, -0.15) is 0 Å². The van der Waals surface area contributed by atoms with Crippen LogP contribution in [0.2, 0.25) is 0 Å². The molecule has 1 N–H and O–H groups in total. The number of hydrogen-bond acceptors (Lipinski definition) is 2. The van der Waals surface area contributed by atoms with Crippen molar-refractivity contribution in [3.8, 4) is 0 Å². The average Bonchev–Trinajstić information content (AvgIpc) is 2.87. The summed E-state index contributed by atoms with van der Waals surface area (Å²) >= 11 is 0. The van der Waals surface area contributed by atoms with Crippen molar-refractivity contribution in [2.75, 3.05) is 45.2 Å². The maximum atomic E-state index is 4.83. The number of aliphatic imine (C=N–C) groups is 1. The van der Waals surface area contributed by atoms with Gasteiger partial charge in [-0.15, -0.1) is 0 Å². The maximum absolute atomic E-state index is 4.83. The Bertz CT molecular complexity index is 517. The SMILES string of the molecule is CCNC(=NCCc1ccc(N(C)C)cc1)N1CCC(C)(C)C1. The fourth-order valence-electron chi connectivity index (χ4n) is 2.97. The van der Waals surface area contributed by atoms with Gasteiger partial charge in [-0.3, -0.25) is 4.99 Å². The van der Waals surface area contributed by atoms with Gasteiger partial charge in [0.25, 0.3) is 0 Å². The molecule has 128 valence electrons. The number of nitrogens with zero attached hydrogens (tertiary/aromatic N) is 3. The van der Waals surface area contributed by atoms with Gasteiger partial charge in [-0.05, 0) is 42.9 Å². The molecule has 0 unspecified atom stereocenters. The second-order valence-electron chi connectivity index (χ2n) is 7.38. The third kappa shape index (κ3) is 5.15. The quantitative estimate of drug-likeness (QED) is 0.669. The molecule has 0 aromatic heterocycles. The Morgan fingerprint density at radius 1 is 1.26 bits per heavy atom. The van der Waals surface area contributed by atoms with Crippen molar-refractivity contribution in [3.05, 3.63) is 29.8 Å². The van der Waals surface area contributed by atoms with E-state index in [4.69, 9.17) is 4.99 Å². The highest BCUT2D eigenvalue weighted by Crippen LogP contribution is 2.28. The van der Waals surface area contributed by atoms with E-state index in [0.29, 0.717) is 5.41 Å². The highest BCUT2D eigenvalue weighted by molar-refractivity contribution is 5.80. The van der Waals surface area contributed by atoms with Crippen LogP contribution in [-0.4, -0.2) is 51.1 Å². The number of guanidine groups is 1.